The van der Waals surface area contributed by atoms with Gasteiger partial charge in [-0.2, -0.15) is 0 Å². The highest BCUT2D eigenvalue weighted by atomic mass is 16.4. The molecule has 1 aliphatic carbocycles. The zero-order chi connectivity index (χ0) is 13.5. The first-order chi connectivity index (χ1) is 8.56. The van der Waals surface area contributed by atoms with Gasteiger partial charge in [0, 0.05) is 19.0 Å². The molecule has 0 aromatic carbocycles. The summed E-state index contributed by atoms with van der Waals surface area (Å²) in [5.41, 5.74) is 0. The number of aliphatic carboxylic acids is 1. The fourth-order valence-corrected chi connectivity index (χ4v) is 2.43. The van der Waals surface area contributed by atoms with E-state index in [0.717, 1.165) is 25.7 Å². The summed E-state index contributed by atoms with van der Waals surface area (Å²) in [5, 5.41) is 17.9. The standard InChI is InChI=1S/C13H23NO4/c1-10(13(17)18)9-14(7-8-15)12(16)11-5-3-2-4-6-11/h10-11,15H,2-9H2,1H3,(H,17,18). The third-order valence-corrected chi connectivity index (χ3v) is 3.55. The molecule has 1 unspecified atom stereocenters. The molecule has 5 nitrogen and oxygen atoms in total. The van der Waals surface area contributed by atoms with Crippen LogP contribution < -0.4 is 0 Å². The molecular formula is C13H23NO4. The molecule has 104 valence electrons. The fourth-order valence-electron chi connectivity index (χ4n) is 2.43. The lowest BCUT2D eigenvalue weighted by molar-refractivity contribution is -0.144. The van der Waals surface area contributed by atoms with Gasteiger partial charge in [0.15, 0.2) is 0 Å². The average molecular weight is 257 g/mol. The van der Waals surface area contributed by atoms with Gasteiger partial charge < -0.3 is 15.1 Å². The molecule has 1 amide bonds. The summed E-state index contributed by atoms with van der Waals surface area (Å²) in [7, 11) is 0. The van der Waals surface area contributed by atoms with Gasteiger partial charge in [0.05, 0.1) is 12.5 Å². The van der Waals surface area contributed by atoms with Gasteiger partial charge in [0.25, 0.3) is 0 Å². The van der Waals surface area contributed by atoms with E-state index >= 15 is 0 Å². The number of rotatable bonds is 6. The third-order valence-electron chi connectivity index (χ3n) is 3.55. The van der Waals surface area contributed by atoms with Crippen LogP contribution in [0.3, 0.4) is 0 Å². The molecule has 1 fully saturated rings. The Hall–Kier alpha value is -1.10. The minimum absolute atomic E-state index is 0.0110. The zero-order valence-electron chi connectivity index (χ0n) is 11.0. The van der Waals surface area contributed by atoms with Crippen LogP contribution in [-0.4, -0.2) is 46.7 Å². The van der Waals surface area contributed by atoms with E-state index < -0.39 is 11.9 Å². The van der Waals surface area contributed by atoms with E-state index in [1.165, 1.54) is 11.3 Å². The average Bonchev–Trinajstić information content (AvgIpc) is 2.38. The molecule has 1 aliphatic rings. The maximum atomic E-state index is 12.3. The number of nitrogens with zero attached hydrogens (tertiary/aromatic N) is 1. The molecule has 0 aromatic rings. The highest BCUT2D eigenvalue weighted by Gasteiger charge is 2.27. The Morgan fingerprint density at radius 2 is 1.89 bits per heavy atom. The molecule has 0 aromatic heterocycles. The molecule has 0 saturated heterocycles. The minimum Gasteiger partial charge on any atom is -0.481 e. The zero-order valence-corrected chi connectivity index (χ0v) is 11.0. The quantitative estimate of drug-likeness (QED) is 0.747. The van der Waals surface area contributed by atoms with Gasteiger partial charge in [-0.25, -0.2) is 0 Å². The maximum Gasteiger partial charge on any atom is 0.308 e. The second-order valence-electron chi connectivity index (χ2n) is 5.08. The molecule has 0 spiro atoms. The van der Waals surface area contributed by atoms with Crippen molar-refractivity contribution in [1.82, 2.24) is 4.90 Å². The van der Waals surface area contributed by atoms with E-state index in [0.29, 0.717) is 0 Å². The smallest absolute Gasteiger partial charge is 0.308 e. The molecule has 2 N–H and O–H groups in total. The Morgan fingerprint density at radius 3 is 2.39 bits per heavy atom. The van der Waals surface area contributed by atoms with Gasteiger partial charge in [-0.1, -0.05) is 26.2 Å². The minimum atomic E-state index is -0.908. The van der Waals surface area contributed by atoms with Gasteiger partial charge in [-0.3, -0.25) is 9.59 Å². The van der Waals surface area contributed by atoms with Crippen LogP contribution in [0.2, 0.25) is 0 Å². The Morgan fingerprint density at radius 1 is 1.28 bits per heavy atom. The molecule has 0 bridgehead atoms. The summed E-state index contributed by atoms with van der Waals surface area (Å²) >= 11 is 0. The number of carbonyl (C=O) groups excluding carboxylic acids is 1. The molecule has 1 atom stereocenters. The second-order valence-corrected chi connectivity index (χ2v) is 5.08. The molecule has 1 saturated carbocycles. The third kappa shape index (κ3) is 4.29. The predicted octanol–water partition coefficient (Wildman–Crippen LogP) is 1.11. The Bertz CT molecular complexity index is 287. The highest BCUT2D eigenvalue weighted by molar-refractivity contribution is 5.79. The van der Waals surface area contributed by atoms with E-state index in [9.17, 15) is 9.59 Å². The number of aliphatic hydroxyl groups excluding tert-OH is 1. The largest absolute Gasteiger partial charge is 0.481 e. The van der Waals surface area contributed by atoms with Crippen molar-refractivity contribution in [1.29, 1.82) is 0 Å². The summed E-state index contributed by atoms with van der Waals surface area (Å²) < 4.78 is 0. The van der Waals surface area contributed by atoms with Crippen LogP contribution in [0.1, 0.15) is 39.0 Å². The number of carboxylic acids is 1. The first-order valence-electron chi connectivity index (χ1n) is 6.68. The van der Waals surface area contributed by atoms with Gasteiger partial charge in [-0.15, -0.1) is 0 Å². The lowest BCUT2D eigenvalue weighted by Gasteiger charge is -2.30. The van der Waals surface area contributed by atoms with Crippen molar-refractivity contribution < 1.29 is 19.8 Å². The summed E-state index contributed by atoms with van der Waals surface area (Å²) in [5.74, 6) is -1.47. The molecule has 0 radical (unpaired) electrons. The van der Waals surface area contributed by atoms with E-state index in [1.807, 2.05) is 0 Å². The van der Waals surface area contributed by atoms with E-state index in [-0.39, 0.29) is 31.5 Å². The maximum absolute atomic E-state index is 12.3. The van der Waals surface area contributed by atoms with Crippen LogP contribution in [0, 0.1) is 11.8 Å². The Labute approximate surface area is 108 Å². The lowest BCUT2D eigenvalue weighted by atomic mass is 9.88. The monoisotopic (exact) mass is 257 g/mol. The normalized spacial score (nSPS) is 18.3. The van der Waals surface area contributed by atoms with Crippen LogP contribution in [0.25, 0.3) is 0 Å². The lowest BCUT2D eigenvalue weighted by Crippen LogP contribution is -2.42. The Kier molecular flexibility index (Phi) is 6.12. The molecule has 0 heterocycles. The summed E-state index contributed by atoms with van der Waals surface area (Å²) in [4.78, 5) is 24.6. The highest BCUT2D eigenvalue weighted by Crippen LogP contribution is 2.25. The number of hydrogen-bond acceptors (Lipinski definition) is 3. The van der Waals surface area contributed by atoms with Crippen molar-refractivity contribution in [2.45, 2.75) is 39.0 Å². The SMILES string of the molecule is CC(CN(CCO)C(=O)C1CCCCC1)C(=O)O. The van der Waals surface area contributed by atoms with Crippen molar-refractivity contribution in [2.75, 3.05) is 19.7 Å². The molecule has 18 heavy (non-hydrogen) atoms. The van der Waals surface area contributed by atoms with E-state index in [1.54, 1.807) is 6.92 Å². The number of carboxylic acid groups (broad SMARTS) is 1. The van der Waals surface area contributed by atoms with E-state index in [2.05, 4.69) is 0 Å². The van der Waals surface area contributed by atoms with Crippen LogP contribution in [0.15, 0.2) is 0 Å². The molecule has 5 heteroatoms. The number of carbonyl (C=O) groups is 2. The predicted molar refractivity (Wildman–Crippen MR) is 67.0 cm³/mol. The number of amides is 1. The van der Waals surface area contributed by atoms with Crippen LogP contribution in [-0.2, 0) is 9.59 Å². The van der Waals surface area contributed by atoms with Crippen molar-refractivity contribution in [3.8, 4) is 0 Å². The second kappa shape index (κ2) is 7.36. The summed E-state index contributed by atoms with van der Waals surface area (Å²) in [6, 6.07) is 0. The van der Waals surface area contributed by atoms with Crippen LogP contribution >= 0.6 is 0 Å². The Balaban J connectivity index is 2.58. The van der Waals surface area contributed by atoms with Crippen LogP contribution in [0.4, 0.5) is 0 Å². The van der Waals surface area contributed by atoms with Crippen molar-refractivity contribution >= 4 is 11.9 Å². The molecule has 0 aliphatic heterocycles. The first-order valence-corrected chi connectivity index (χ1v) is 6.68. The van der Waals surface area contributed by atoms with Crippen molar-refractivity contribution in [3.63, 3.8) is 0 Å². The summed E-state index contributed by atoms with van der Waals surface area (Å²) in [6.07, 6.45) is 5.09. The van der Waals surface area contributed by atoms with Gasteiger partial charge in [0.2, 0.25) is 5.91 Å². The van der Waals surface area contributed by atoms with Crippen LogP contribution in [0.5, 0.6) is 0 Å². The van der Waals surface area contributed by atoms with E-state index in [4.69, 9.17) is 10.2 Å². The number of aliphatic hydroxyl groups is 1. The van der Waals surface area contributed by atoms with Gasteiger partial charge >= 0.3 is 5.97 Å². The van der Waals surface area contributed by atoms with Gasteiger partial charge in [-0.05, 0) is 12.8 Å². The number of hydrogen-bond donors (Lipinski definition) is 2. The summed E-state index contributed by atoms with van der Waals surface area (Å²) in [6.45, 7) is 1.88. The first kappa shape index (κ1) is 15.0. The molecular weight excluding hydrogens is 234 g/mol. The molecule has 1 rings (SSSR count). The topological polar surface area (TPSA) is 77.8 Å². The van der Waals surface area contributed by atoms with Crippen molar-refractivity contribution in [2.24, 2.45) is 11.8 Å². The van der Waals surface area contributed by atoms with Crippen molar-refractivity contribution in [3.05, 3.63) is 0 Å². The fraction of sp³-hybridized carbons (Fsp3) is 0.846. The van der Waals surface area contributed by atoms with Gasteiger partial charge in [0.1, 0.15) is 0 Å².